The highest BCUT2D eigenvalue weighted by Gasteiger charge is 2.27. The van der Waals surface area contributed by atoms with Gasteiger partial charge in [-0.3, -0.25) is 4.79 Å². The number of hydrogen-bond acceptors (Lipinski definition) is 6. The van der Waals surface area contributed by atoms with Crippen LogP contribution in [-0.4, -0.2) is 40.6 Å². The SMILES string of the molecule is [N-]=[N+]=NCC(=O)N1CCC(c2nc(-c3ccsc3)no2)CC1. The molecular formula is C13H14N6O2S. The van der Waals surface area contributed by atoms with Crippen LogP contribution >= 0.6 is 11.3 Å². The van der Waals surface area contributed by atoms with Crippen molar-refractivity contribution in [3.63, 3.8) is 0 Å². The van der Waals surface area contributed by atoms with Gasteiger partial charge in [0.05, 0.1) is 0 Å². The van der Waals surface area contributed by atoms with Crippen LogP contribution in [0.2, 0.25) is 0 Å². The van der Waals surface area contributed by atoms with Gasteiger partial charge in [0.15, 0.2) is 0 Å². The molecule has 1 amide bonds. The molecule has 22 heavy (non-hydrogen) atoms. The van der Waals surface area contributed by atoms with Crippen LogP contribution in [0.4, 0.5) is 0 Å². The Morgan fingerprint density at radius 3 is 3.05 bits per heavy atom. The molecule has 1 aliphatic heterocycles. The first-order chi connectivity index (χ1) is 10.8. The second kappa shape index (κ2) is 6.59. The van der Waals surface area contributed by atoms with Crippen molar-refractivity contribution in [1.82, 2.24) is 15.0 Å². The number of carbonyl (C=O) groups excluding carboxylic acids is 1. The monoisotopic (exact) mass is 318 g/mol. The Balaban J connectivity index is 1.60. The summed E-state index contributed by atoms with van der Waals surface area (Å²) >= 11 is 1.59. The number of hydrogen-bond donors (Lipinski definition) is 0. The first-order valence-corrected chi connectivity index (χ1v) is 7.87. The third-order valence-electron chi connectivity index (χ3n) is 3.69. The summed E-state index contributed by atoms with van der Waals surface area (Å²) < 4.78 is 5.36. The minimum Gasteiger partial charge on any atom is -0.343 e. The molecule has 0 atom stereocenters. The Morgan fingerprint density at radius 1 is 1.55 bits per heavy atom. The summed E-state index contributed by atoms with van der Waals surface area (Å²) in [6.07, 6.45) is 1.54. The van der Waals surface area contributed by atoms with E-state index in [9.17, 15) is 4.79 Å². The van der Waals surface area contributed by atoms with Gasteiger partial charge in [-0.25, -0.2) is 0 Å². The number of amides is 1. The molecule has 114 valence electrons. The van der Waals surface area contributed by atoms with Crippen LogP contribution in [0.5, 0.6) is 0 Å². The summed E-state index contributed by atoms with van der Waals surface area (Å²) in [6.45, 7) is 1.10. The molecule has 3 heterocycles. The Hall–Kier alpha value is -2.38. The summed E-state index contributed by atoms with van der Waals surface area (Å²) in [7, 11) is 0. The summed E-state index contributed by atoms with van der Waals surface area (Å²) in [5.41, 5.74) is 9.21. The number of rotatable bonds is 4. The molecule has 0 aromatic carbocycles. The van der Waals surface area contributed by atoms with Gasteiger partial charge < -0.3 is 9.42 Å². The number of azide groups is 1. The first kappa shape index (κ1) is 14.6. The number of likely N-dealkylation sites (tertiary alicyclic amines) is 1. The molecule has 0 saturated carbocycles. The number of carbonyl (C=O) groups is 1. The summed E-state index contributed by atoms with van der Waals surface area (Å²) in [6, 6.07) is 1.95. The Bertz CT molecular complexity index is 683. The normalized spacial score (nSPS) is 15.5. The topological polar surface area (TPSA) is 108 Å². The fraction of sp³-hybridized carbons (Fsp3) is 0.462. The van der Waals surface area contributed by atoms with E-state index in [0.29, 0.717) is 24.8 Å². The molecule has 1 saturated heterocycles. The van der Waals surface area contributed by atoms with Crippen molar-refractivity contribution in [2.75, 3.05) is 19.6 Å². The lowest BCUT2D eigenvalue weighted by Gasteiger charge is -2.30. The van der Waals surface area contributed by atoms with Crippen molar-refractivity contribution in [2.24, 2.45) is 5.11 Å². The minimum absolute atomic E-state index is 0.121. The Kier molecular flexibility index (Phi) is 4.36. The van der Waals surface area contributed by atoms with Gasteiger partial charge in [-0.05, 0) is 29.8 Å². The van der Waals surface area contributed by atoms with Crippen molar-refractivity contribution < 1.29 is 9.32 Å². The van der Waals surface area contributed by atoms with Gasteiger partial charge in [-0.1, -0.05) is 10.3 Å². The second-order valence-corrected chi connectivity index (χ2v) is 5.79. The number of thiophene rings is 1. The number of aromatic nitrogens is 2. The van der Waals surface area contributed by atoms with Gasteiger partial charge in [0.1, 0.15) is 6.54 Å². The van der Waals surface area contributed by atoms with Crippen molar-refractivity contribution in [3.8, 4) is 11.4 Å². The molecule has 3 rings (SSSR count). The predicted octanol–water partition coefficient (Wildman–Crippen LogP) is 2.81. The van der Waals surface area contributed by atoms with E-state index in [1.165, 1.54) is 0 Å². The van der Waals surface area contributed by atoms with E-state index in [2.05, 4.69) is 20.2 Å². The second-order valence-electron chi connectivity index (χ2n) is 5.01. The molecule has 2 aromatic rings. The largest absolute Gasteiger partial charge is 0.343 e. The fourth-order valence-corrected chi connectivity index (χ4v) is 3.11. The summed E-state index contributed by atoms with van der Waals surface area (Å²) in [5.74, 6) is 1.27. The van der Waals surface area contributed by atoms with Gasteiger partial charge >= 0.3 is 0 Å². The van der Waals surface area contributed by atoms with E-state index < -0.39 is 0 Å². The number of piperidine rings is 1. The zero-order valence-corrected chi connectivity index (χ0v) is 12.6. The van der Waals surface area contributed by atoms with E-state index in [-0.39, 0.29) is 18.4 Å². The maximum atomic E-state index is 11.8. The van der Waals surface area contributed by atoms with Crippen molar-refractivity contribution in [1.29, 1.82) is 0 Å². The lowest BCUT2D eigenvalue weighted by molar-refractivity contribution is -0.130. The van der Waals surface area contributed by atoms with Gasteiger partial charge in [0, 0.05) is 34.9 Å². The maximum absolute atomic E-state index is 11.8. The van der Waals surface area contributed by atoms with E-state index in [0.717, 1.165) is 18.4 Å². The van der Waals surface area contributed by atoms with E-state index in [4.69, 9.17) is 10.1 Å². The third kappa shape index (κ3) is 3.10. The van der Waals surface area contributed by atoms with Gasteiger partial charge in [0.25, 0.3) is 0 Å². The molecule has 8 nitrogen and oxygen atoms in total. The van der Waals surface area contributed by atoms with Gasteiger partial charge in [-0.15, -0.1) is 0 Å². The highest BCUT2D eigenvalue weighted by molar-refractivity contribution is 7.08. The smallest absolute Gasteiger partial charge is 0.230 e. The van der Waals surface area contributed by atoms with Gasteiger partial charge in [-0.2, -0.15) is 16.3 Å². The van der Waals surface area contributed by atoms with Crippen molar-refractivity contribution in [2.45, 2.75) is 18.8 Å². The van der Waals surface area contributed by atoms with Crippen LogP contribution in [0.3, 0.4) is 0 Å². The molecule has 0 radical (unpaired) electrons. The van der Waals surface area contributed by atoms with Crippen LogP contribution in [0, 0.1) is 0 Å². The average Bonchev–Trinajstić information content (AvgIpc) is 3.23. The molecule has 9 heteroatoms. The fourth-order valence-electron chi connectivity index (χ4n) is 2.48. The molecule has 0 unspecified atom stereocenters. The molecule has 0 spiro atoms. The molecular weight excluding hydrogens is 304 g/mol. The van der Waals surface area contributed by atoms with Crippen LogP contribution in [0.15, 0.2) is 26.5 Å². The number of nitrogens with zero attached hydrogens (tertiary/aromatic N) is 6. The molecule has 2 aromatic heterocycles. The molecule has 0 aliphatic carbocycles. The van der Waals surface area contributed by atoms with E-state index >= 15 is 0 Å². The lowest BCUT2D eigenvalue weighted by Crippen LogP contribution is -2.39. The molecule has 1 fully saturated rings. The zero-order chi connectivity index (χ0) is 15.4. The Labute approximate surface area is 130 Å². The van der Waals surface area contributed by atoms with E-state index in [1.807, 2.05) is 16.8 Å². The quantitative estimate of drug-likeness (QED) is 0.490. The van der Waals surface area contributed by atoms with Crippen LogP contribution in [0.1, 0.15) is 24.7 Å². The minimum atomic E-state index is -0.138. The third-order valence-corrected chi connectivity index (χ3v) is 4.37. The summed E-state index contributed by atoms with van der Waals surface area (Å²) in [4.78, 5) is 20.5. The van der Waals surface area contributed by atoms with Crippen LogP contribution in [0.25, 0.3) is 21.8 Å². The average molecular weight is 318 g/mol. The lowest BCUT2D eigenvalue weighted by atomic mass is 9.97. The maximum Gasteiger partial charge on any atom is 0.230 e. The van der Waals surface area contributed by atoms with Crippen LogP contribution < -0.4 is 0 Å². The summed E-state index contributed by atoms with van der Waals surface area (Å²) in [5, 5.41) is 11.3. The Morgan fingerprint density at radius 2 is 2.36 bits per heavy atom. The van der Waals surface area contributed by atoms with E-state index in [1.54, 1.807) is 16.2 Å². The van der Waals surface area contributed by atoms with Gasteiger partial charge in [0.2, 0.25) is 17.6 Å². The molecule has 0 bridgehead atoms. The predicted molar refractivity (Wildman–Crippen MR) is 80.2 cm³/mol. The zero-order valence-electron chi connectivity index (χ0n) is 11.8. The first-order valence-electron chi connectivity index (χ1n) is 6.92. The van der Waals surface area contributed by atoms with Crippen LogP contribution in [-0.2, 0) is 4.79 Å². The van der Waals surface area contributed by atoms with Crippen molar-refractivity contribution >= 4 is 17.2 Å². The molecule has 0 N–H and O–H groups in total. The standard InChI is InChI=1S/C13H14N6O2S/c14-18-15-7-11(20)19-4-1-9(2-5-19)13-16-12(17-21-13)10-3-6-22-8-10/h3,6,8-9H,1-2,4-5,7H2. The van der Waals surface area contributed by atoms with Crippen molar-refractivity contribution in [3.05, 3.63) is 33.2 Å². The molecule has 1 aliphatic rings. The highest BCUT2D eigenvalue weighted by Crippen LogP contribution is 2.29. The highest BCUT2D eigenvalue weighted by atomic mass is 32.1.